The van der Waals surface area contributed by atoms with E-state index < -0.39 is 18.1 Å². The molecule has 0 heterocycles. The summed E-state index contributed by atoms with van der Waals surface area (Å²) in [7, 11) is 1.26. The highest BCUT2D eigenvalue weighted by atomic mass is 16.5. The molecule has 0 fully saturated rings. The smallest absolute Gasteiger partial charge is 0.334 e. The highest BCUT2D eigenvalue weighted by Gasteiger charge is 2.16. The third-order valence-corrected chi connectivity index (χ3v) is 1.52. The van der Waals surface area contributed by atoms with E-state index in [-0.39, 0.29) is 13.1 Å². The normalized spacial score (nSPS) is 10.8. The molecule has 84 valence electrons. The van der Waals surface area contributed by atoms with Crippen LogP contribution in [0.1, 0.15) is 6.92 Å². The van der Waals surface area contributed by atoms with Crippen LogP contribution in [0.25, 0.3) is 0 Å². The van der Waals surface area contributed by atoms with E-state index in [1.54, 1.807) is 6.92 Å². The molecule has 0 aromatic rings. The lowest BCUT2D eigenvalue weighted by Gasteiger charge is -2.11. The zero-order valence-corrected chi connectivity index (χ0v) is 8.66. The van der Waals surface area contributed by atoms with Gasteiger partial charge < -0.3 is 20.5 Å². The topological polar surface area (TPSA) is 87.7 Å². The van der Waals surface area contributed by atoms with Gasteiger partial charge in [-0.1, -0.05) is 5.92 Å². The maximum atomic E-state index is 11.0. The molecular formula is C9H14N2O4. The summed E-state index contributed by atoms with van der Waals surface area (Å²) in [5.74, 6) is 4.12. The maximum Gasteiger partial charge on any atom is 0.334 e. The Morgan fingerprint density at radius 2 is 2.13 bits per heavy atom. The fraction of sp³-hybridized carbons (Fsp3) is 0.556. The molecule has 6 heteroatoms. The van der Waals surface area contributed by atoms with Crippen molar-refractivity contribution in [3.63, 3.8) is 0 Å². The molecule has 0 saturated carbocycles. The van der Waals surface area contributed by atoms with Gasteiger partial charge in [0.2, 0.25) is 0 Å². The Bertz CT molecular complexity index is 280. The molecule has 0 aliphatic carbocycles. The minimum Gasteiger partial charge on any atom is -0.479 e. The van der Waals surface area contributed by atoms with Gasteiger partial charge in [-0.05, 0) is 6.92 Å². The zero-order valence-electron chi connectivity index (χ0n) is 8.66. The molecule has 0 saturated heterocycles. The first-order chi connectivity index (χ1) is 7.11. The van der Waals surface area contributed by atoms with Crippen LogP contribution < -0.4 is 10.6 Å². The monoisotopic (exact) mass is 214 g/mol. The first-order valence-electron chi connectivity index (χ1n) is 4.28. The summed E-state index contributed by atoms with van der Waals surface area (Å²) >= 11 is 0. The molecule has 2 amide bonds. The molecule has 0 bridgehead atoms. The Hall–Kier alpha value is -1.74. The van der Waals surface area contributed by atoms with Crippen molar-refractivity contribution in [2.45, 2.75) is 13.0 Å². The molecule has 0 radical (unpaired) electrons. The molecular weight excluding hydrogens is 200 g/mol. The fourth-order valence-electron chi connectivity index (χ4n) is 0.732. The lowest BCUT2D eigenvalue weighted by molar-refractivity contribution is -0.147. The minimum absolute atomic E-state index is 0.0861. The summed E-state index contributed by atoms with van der Waals surface area (Å²) in [5.41, 5.74) is 0. The number of hydrogen-bond acceptors (Lipinski definition) is 3. The van der Waals surface area contributed by atoms with Gasteiger partial charge in [-0.25, -0.2) is 9.59 Å². The van der Waals surface area contributed by atoms with E-state index >= 15 is 0 Å². The number of ether oxygens (including phenoxy) is 1. The molecule has 1 unspecified atom stereocenters. The molecule has 0 aromatic carbocycles. The van der Waals surface area contributed by atoms with Crippen LogP contribution in [0.3, 0.4) is 0 Å². The van der Waals surface area contributed by atoms with Gasteiger partial charge in [0.1, 0.15) is 0 Å². The SMILES string of the molecule is CC#CCNC(=O)NCC(OC)C(=O)O. The number of rotatable bonds is 5. The van der Waals surface area contributed by atoms with Gasteiger partial charge in [-0.2, -0.15) is 0 Å². The van der Waals surface area contributed by atoms with Crippen LogP contribution in [0.4, 0.5) is 4.79 Å². The lowest BCUT2D eigenvalue weighted by Crippen LogP contribution is -2.42. The number of carboxylic acid groups (broad SMARTS) is 1. The Balaban J connectivity index is 3.76. The van der Waals surface area contributed by atoms with Crippen molar-refractivity contribution in [2.24, 2.45) is 0 Å². The number of nitrogens with one attached hydrogen (secondary N) is 2. The minimum atomic E-state index is -1.12. The van der Waals surface area contributed by atoms with E-state index in [0.717, 1.165) is 0 Å². The van der Waals surface area contributed by atoms with Crippen LogP contribution in [-0.4, -0.2) is 43.4 Å². The van der Waals surface area contributed by atoms with Gasteiger partial charge in [0, 0.05) is 7.11 Å². The first kappa shape index (κ1) is 13.3. The first-order valence-corrected chi connectivity index (χ1v) is 4.28. The van der Waals surface area contributed by atoms with Gasteiger partial charge >= 0.3 is 12.0 Å². The molecule has 6 nitrogen and oxygen atoms in total. The van der Waals surface area contributed by atoms with Gasteiger partial charge in [0.15, 0.2) is 6.10 Å². The van der Waals surface area contributed by atoms with E-state index in [4.69, 9.17) is 5.11 Å². The second-order valence-corrected chi connectivity index (χ2v) is 2.55. The average molecular weight is 214 g/mol. The van der Waals surface area contributed by atoms with Crippen LogP contribution in [0.15, 0.2) is 0 Å². The van der Waals surface area contributed by atoms with Crippen LogP contribution >= 0.6 is 0 Å². The third-order valence-electron chi connectivity index (χ3n) is 1.52. The van der Waals surface area contributed by atoms with Crippen LogP contribution in [0.2, 0.25) is 0 Å². The predicted molar refractivity (Wildman–Crippen MR) is 53.3 cm³/mol. The summed E-state index contributed by atoms with van der Waals surface area (Å²) in [5, 5.41) is 13.4. The van der Waals surface area contributed by atoms with Gasteiger partial charge in [-0.15, -0.1) is 5.92 Å². The van der Waals surface area contributed by atoms with Crippen LogP contribution in [0.5, 0.6) is 0 Å². The predicted octanol–water partition coefficient (Wildman–Crippen LogP) is -0.591. The van der Waals surface area contributed by atoms with Crippen molar-refractivity contribution in [3.8, 4) is 11.8 Å². The standard InChI is InChI=1S/C9H14N2O4/c1-3-4-5-10-9(14)11-6-7(15-2)8(12)13/h7H,5-6H2,1-2H3,(H,12,13)(H2,10,11,14). The van der Waals surface area contributed by atoms with Crippen molar-refractivity contribution in [1.82, 2.24) is 10.6 Å². The number of hydrogen-bond donors (Lipinski definition) is 3. The van der Waals surface area contributed by atoms with Crippen molar-refractivity contribution in [1.29, 1.82) is 0 Å². The number of carbonyl (C=O) groups is 2. The van der Waals surface area contributed by atoms with Crippen molar-refractivity contribution >= 4 is 12.0 Å². The quantitative estimate of drug-likeness (QED) is 0.534. The Morgan fingerprint density at radius 3 is 2.60 bits per heavy atom. The fourth-order valence-corrected chi connectivity index (χ4v) is 0.732. The number of carboxylic acids is 1. The number of urea groups is 1. The number of amides is 2. The van der Waals surface area contributed by atoms with E-state index in [1.165, 1.54) is 7.11 Å². The van der Waals surface area contributed by atoms with E-state index in [9.17, 15) is 9.59 Å². The molecule has 0 aliphatic rings. The van der Waals surface area contributed by atoms with Gasteiger partial charge in [0.25, 0.3) is 0 Å². The van der Waals surface area contributed by atoms with E-state index in [2.05, 4.69) is 27.2 Å². The summed E-state index contributed by atoms with van der Waals surface area (Å²) in [4.78, 5) is 21.5. The molecule has 0 aromatic heterocycles. The number of aliphatic carboxylic acids is 1. The van der Waals surface area contributed by atoms with Crippen LogP contribution in [0, 0.1) is 11.8 Å². The second-order valence-electron chi connectivity index (χ2n) is 2.55. The average Bonchev–Trinajstić information content (AvgIpc) is 2.18. The molecule has 0 spiro atoms. The summed E-state index contributed by atoms with van der Waals surface area (Å²) in [6, 6.07) is -0.471. The van der Waals surface area contributed by atoms with Crippen LogP contribution in [-0.2, 0) is 9.53 Å². The van der Waals surface area contributed by atoms with E-state index in [1.807, 2.05) is 0 Å². The van der Waals surface area contributed by atoms with Gasteiger partial charge in [0.05, 0.1) is 13.1 Å². The summed E-state index contributed by atoms with van der Waals surface area (Å²) < 4.78 is 4.62. The van der Waals surface area contributed by atoms with Crippen molar-refractivity contribution in [3.05, 3.63) is 0 Å². The molecule has 15 heavy (non-hydrogen) atoms. The van der Waals surface area contributed by atoms with E-state index in [0.29, 0.717) is 0 Å². The number of carbonyl (C=O) groups excluding carboxylic acids is 1. The largest absolute Gasteiger partial charge is 0.479 e. The molecule has 3 N–H and O–H groups in total. The van der Waals surface area contributed by atoms with Crippen molar-refractivity contribution in [2.75, 3.05) is 20.2 Å². The Morgan fingerprint density at radius 1 is 1.47 bits per heavy atom. The highest BCUT2D eigenvalue weighted by Crippen LogP contribution is 1.87. The molecule has 0 aliphatic heterocycles. The van der Waals surface area contributed by atoms with Gasteiger partial charge in [-0.3, -0.25) is 0 Å². The Kier molecular flexibility index (Phi) is 6.76. The summed E-state index contributed by atoms with van der Waals surface area (Å²) in [6.07, 6.45) is -1.03. The number of methoxy groups -OCH3 is 1. The molecule has 0 rings (SSSR count). The van der Waals surface area contributed by atoms with Crippen molar-refractivity contribution < 1.29 is 19.4 Å². The highest BCUT2D eigenvalue weighted by molar-refractivity contribution is 5.76. The summed E-state index contributed by atoms with van der Waals surface area (Å²) in [6.45, 7) is 1.80. The lowest BCUT2D eigenvalue weighted by atomic mass is 10.3. The third kappa shape index (κ3) is 6.35. The molecule has 1 atom stereocenters. The Labute approximate surface area is 88.0 Å². The second kappa shape index (κ2) is 7.64. The maximum absolute atomic E-state index is 11.0. The zero-order chi connectivity index (χ0) is 11.7.